The van der Waals surface area contributed by atoms with Crippen molar-refractivity contribution in [1.29, 1.82) is 5.26 Å². The predicted octanol–water partition coefficient (Wildman–Crippen LogP) is -16.2. The van der Waals surface area contributed by atoms with Crippen molar-refractivity contribution < 1.29 is 139 Å². The Hall–Kier alpha value is -7.19. The Morgan fingerprint density at radius 3 is 1.59 bits per heavy atom. The molecule has 0 atom stereocenters. The summed E-state index contributed by atoms with van der Waals surface area (Å²) in [4.78, 5) is 57.8. The molecular weight excluding hydrogens is 863 g/mol. The molecule has 0 radical (unpaired) electrons. The van der Waals surface area contributed by atoms with Gasteiger partial charge in [-0.05, 0) is 50.1 Å². The van der Waals surface area contributed by atoms with E-state index in [1.54, 1.807) is 0 Å². The molecule has 32 heteroatoms. The summed E-state index contributed by atoms with van der Waals surface area (Å²) in [7, 11) is 0. The number of benzene rings is 2. The number of aromatic nitrogens is 10. The van der Waals surface area contributed by atoms with E-state index in [1.807, 2.05) is 6.07 Å². The summed E-state index contributed by atoms with van der Waals surface area (Å²) in [5, 5.41) is 102. The van der Waals surface area contributed by atoms with Gasteiger partial charge in [-0.25, -0.2) is 19.2 Å². The Morgan fingerprint density at radius 1 is 0.647 bits per heavy atom. The maximum Gasteiger partial charge on any atom is 1.00 e. The van der Waals surface area contributed by atoms with Crippen LogP contribution in [-0.2, 0) is 0 Å². The van der Waals surface area contributed by atoms with Gasteiger partial charge in [-0.15, -0.1) is 20.5 Å². The minimum absolute atomic E-state index is 0. The van der Waals surface area contributed by atoms with Crippen LogP contribution in [0.15, 0.2) is 75.3 Å². The molecule has 312 valence electrons. The molecule has 0 aliphatic heterocycles. The smallest absolute Gasteiger partial charge is 0.858 e. The number of carboxylic acid groups (broad SMARTS) is 4. The number of aryl methyl sites for hydroxylation is 2. The Balaban J connectivity index is 0.00000317. The predicted molar refractivity (Wildman–Crippen MR) is 198 cm³/mol. The molecule has 2 aromatic carbocycles. The van der Waals surface area contributed by atoms with E-state index in [9.17, 15) is 50.0 Å². The normalized spacial score (nSPS) is 10.4. The van der Waals surface area contributed by atoms with E-state index in [-0.39, 0.29) is 175 Å². The number of nitrogens with zero attached hydrogens (tertiary/aromatic N) is 16. The number of azo groups is 2. The maximum atomic E-state index is 12.9. The van der Waals surface area contributed by atoms with Gasteiger partial charge in [0.15, 0.2) is 40.5 Å². The molecule has 0 spiro atoms. The molecule has 0 fully saturated rings. The van der Waals surface area contributed by atoms with Gasteiger partial charge in [0.25, 0.3) is 11.6 Å². The third kappa shape index (κ3) is 10.8. The molecule has 0 bridgehead atoms. The fourth-order valence-corrected chi connectivity index (χ4v) is 5.87. The van der Waals surface area contributed by atoms with Crippen molar-refractivity contribution in [2.75, 3.05) is 11.5 Å². The number of nitriles is 1. The van der Waals surface area contributed by atoms with Crippen LogP contribution < -0.4 is 131 Å². The number of rotatable bonds is 12. The molecule has 0 amide bonds. The summed E-state index contributed by atoms with van der Waals surface area (Å²) >= 11 is 0. The van der Waals surface area contributed by atoms with E-state index >= 15 is 0 Å². The molecule has 5 heterocycles. The number of aromatic carboxylic acids is 4. The number of carboxylic acids is 4. The van der Waals surface area contributed by atoms with E-state index in [4.69, 9.17) is 18.0 Å². The van der Waals surface area contributed by atoms with Gasteiger partial charge in [-0.1, -0.05) is 12.1 Å². The second-order valence-corrected chi connectivity index (χ2v) is 12.6. The van der Waals surface area contributed by atoms with Crippen molar-refractivity contribution in [2.45, 2.75) is 13.8 Å². The Labute approximate surface area is 440 Å². The first-order chi connectivity index (χ1) is 30.0. The zero-order valence-electron chi connectivity index (χ0n) is 36.7. The monoisotopic (exact) mass is 882 g/mol. The number of hydrogen-bond donors (Lipinski definition) is 2. The van der Waals surface area contributed by atoms with Crippen LogP contribution in [0.5, 0.6) is 5.88 Å². The van der Waals surface area contributed by atoms with Crippen molar-refractivity contribution in [3.63, 3.8) is 0 Å². The van der Waals surface area contributed by atoms with Gasteiger partial charge in [0.05, 0.1) is 65.6 Å². The number of anilines is 2. The van der Waals surface area contributed by atoms with Gasteiger partial charge in [0, 0.05) is 22.3 Å². The maximum absolute atomic E-state index is 12.9. The van der Waals surface area contributed by atoms with Crippen molar-refractivity contribution in [3.8, 4) is 35.1 Å². The number of nitrogen functional groups attached to an aromatic ring is 2. The summed E-state index contributed by atoms with van der Waals surface area (Å²) in [6.07, 6.45) is 2.21. The first-order valence-corrected chi connectivity index (χ1v) is 17.2. The molecule has 27 nitrogen and oxygen atoms in total. The molecule has 0 unspecified atom stereocenters. The molecule has 5 aromatic heterocycles. The standard InChI is InChI=1S/C36H24N18O9.5Li/c1-14-26(46-48-31-23(40-3)13-42-52(31)18-5-7-20(33(58)59)22(9-18)35(62)63)28(38)53(49-14)24-10-25(55)44-36(43-24)54-29(39)27(15(2)50-54)45-47-30-16(11-37)12-41-51(30)17-4-6-19(32(56)57)21(8-17)34(60)61;;;;;/h4-10,12-13H,38-39H2,1-2H3,(H,56,57)(H,58,59)(H,60,61)(H,62,63)(H,43,44,55);;;;;/q;5*+1/p-5. The van der Waals surface area contributed by atoms with Gasteiger partial charge in [0.1, 0.15) is 11.6 Å². The zero-order valence-corrected chi connectivity index (χ0v) is 36.7. The summed E-state index contributed by atoms with van der Waals surface area (Å²) in [5.74, 6) is -9.48. The zero-order chi connectivity index (χ0) is 45.4. The van der Waals surface area contributed by atoms with Crippen molar-refractivity contribution in [1.82, 2.24) is 49.1 Å². The summed E-state index contributed by atoms with van der Waals surface area (Å²) < 4.78 is 4.01. The van der Waals surface area contributed by atoms with E-state index in [2.05, 4.69) is 55.7 Å². The van der Waals surface area contributed by atoms with Crippen LogP contribution in [-0.4, -0.2) is 73.0 Å². The molecular formula is C36H19Li5N18O9. The van der Waals surface area contributed by atoms with Crippen LogP contribution in [0.2, 0.25) is 0 Å². The van der Waals surface area contributed by atoms with E-state index < -0.39 is 52.0 Å². The van der Waals surface area contributed by atoms with Crippen molar-refractivity contribution in [2.24, 2.45) is 20.5 Å². The van der Waals surface area contributed by atoms with Crippen molar-refractivity contribution in [3.05, 3.63) is 105 Å². The molecule has 0 saturated carbocycles. The molecule has 0 aliphatic carbocycles. The SMILES string of the molecule is [C-]#[N+]c1cnn(-c2ccc(C(=O)[O-])c(C(=O)[O-])c2)c1N=Nc1c(C)nn(-c2cc([O-])nc(-n3nc(C)c(N=Nc4c(C#N)cnn4-c4ccc(C(=O)[O-])c(C(=O)[O-])c4)c3N)n2)c1N.[Li+].[Li+].[Li+].[Li+].[Li+]. The Bertz CT molecular complexity index is 3070. The number of carbonyl (C=O) groups is 4. The molecule has 68 heavy (non-hydrogen) atoms. The van der Waals surface area contributed by atoms with Gasteiger partial charge in [-0.2, -0.15) is 40.0 Å². The van der Waals surface area contributed by atoms with Crippen LogP contribution in [0.4, 0.5) is 40.3 Å². The van der Waals surface area contributed by atoms with Crippen LogP contribution in [0.25, 0.3) is 28.0 Å². The first-order valence-electron chi connectivity index (χ1n) is 17.2. The number of carbonyl (C=O) groups excluding carboxylic acids is 4. The fraction of sp³-hybridized carbons (Fsp3) is 0.0556. The van der Waals surface area contributed by atoms with Crippen LogP contribution >= 0.6 is 0 Å². The topological polar surface area (TPSA) is 410 Å². The summed E-state index contributed by atoms with van der Waals surface area (Å²) in [6.45, 7) is 10.5. The molecule has 7 rings (SSSR count). The number of nitrogens with two attached hydrogens (primary N) is 2. The molecule has 4 N–H and O–H groups in total. The van der Waals surface area contributed by atoms with E-state index in [0.29, 0.717) is 0 Å². The van der Waals surface area contributed by atoms with E-state index in [0.717, 1.165) is 61.5 Å². The van der Waals surface area contributed by atoms with Crippen LogP contribution in [0.1, 0.15) is 58.4 Å². The van der Waals surface area contributed by atoms with Gasteiger partial charge in [-0.3, -0.25) is 0 Å². The van der Waals surface area contributed by atoms with Crippen molar-refractivity contribution >= 4 is 64.2 Å². The largest absolute Gasteiger partial charge is 1.00 e. The third-order valence-corrected chi connectivity index (χ3v) is 8.79. The van der Waals surface area contributed by atoms with Crippen LogP contribution in [0.3, 0.4) is 0 Å². The average molecular weight is 882 g/mol. The molecule has 0 aliphatic rings. The molecule has 7 aromatic rings. The minimum Gasteiger partial charge on any atom is -0.858 e. The third-order valence-electron chi connectivity index (χ3n) is 8.79. The van der Waals surface area contributed by atoms with Gasteiger partial charge < -0.3 is 56.2 Å². The van der Waals surface area contributed by atoms with E-state index in [1.165, 1.54) is 26.0 Å². The fourth-order valence-electron chi connectivity index (χ4n) is 5.87. The first kappa shape index (κ1) is 56.9. The summed E-state index contributed by atoms with van der Waals surface area (Å²) in [5.41, 5.74) is 9.82. The molecule has 0 saturated heterocycles. The Kier molecular flexibility index (Phi) is 19.3. The summed E-state index contributed by atoms with van der Waals surface area (Å²) in [6, 6.07) is 9.01. The number of hydrogen-bond acceptors (Lipinski definition) is 22. The van der Waals surface area contributed by atoms with Crippen LogP contribution in [0, 0.1) is 31.8 Å². The second kappa shape index (κ2) is 23.0. The Morgan fingerprint density at radius 2 is 1.10 bits per heavy atom. The van der Waals surface area contributed by atoms with Gasteiger partial charge >= 0.3 is 94.3 Å². The van der Waals surface area contributed by atoms with Gasteiger partial charge in [0.2, 0.25) is 0 Å². The average Bonchev–Trinajstić information content (AvgIpc) is 4.00. The minimum atomic E-state index is -1.82. The quantitative estimate of drug-likeness (QED) is 0.0653. The second-order valence-electron chi connectivity index (χ2n) is 12.6.